The van der Waals surface area contributed by atoms with Crippen molar-refractivity contribution in [1.29, 1.82) is 0 Å². The van der Waals surface area contributed by atoms with E-state index in [0.717, 1.165) is 11.3 Å². The lowest BCUT2D eigenvalue weighted by atomic mass is 10.1. The summed E-state index contributed by atoms with van der Waals surface area (Å²) in [5, 5.41) is 10.2. The Kier molecular flexibility index (Phi) is 5.25. The number of anilines is 1. The summed E-state index contributed by atoms with van der Waals surface area (Å²) in [4.78, 5) is 19.8. The molecule has 2 aromatic rings. The third-order valence-electron chi connectivity index (χ3n) is 3.14. The van der Waals surface area contributed by atoms with Gasteiger partial charge in [0.25, 0.3) is 0 Å². The maximum absolute atomic E-state index is 11.9. The predicted octanol–water partition coefficient (Wildman–Crippen LogP) is 0.846. The lowest BCUT2D eigenvalue weighted by Gasteiger charge is -2.13. The molecule has 0 aliphatic carbocycles. The van der Waals surface area contributed by atoms with Crippen LogP contribution in [0.2, 0.25) is 0 Å². The second-order valence-corrected chi connectivity index (χ2v) is 4.93. The molecule has 2 N–H and O–H groups in total. The predicted molar refractivity (Wildman–Crippen MR) is 79.7 cm³/mol. The Hall–Kier alpha value is -2.44. The lowest BCUT2D eigenvalue weighted by molar-refractivity contribution is -0.124. The highest BCUT2D eigenvalue weighted by atomic mass is 16.1. The molecule has 1 unspecified atom stereocenters. The molecule has 7 heteroatoms. The molecule has 21 heavy (non-hydrogen) atoms. The van der Waals surface area contributed by atoms with Crippen LogP contribution in [0.5, 0.6) is 0 Å². The second kappa shape index (κ2) is 7.37. The molecule has 0 aliphatic rings. The van der Waals surface area contributed by atoms with Gasteiger partial charge in [0, 0.05) is 31.2 Å². The molecule has 0 bridgehead atoms. The summed E-state index contributed by atoms with van der Waals surface area (Å²) in [6.07, 6.45) is 6.62. The smallest absolute Gasteiger partial charge is 0.224 e. The van der Waals surface area contributed by atoms with Gasteiger partial charge in [-0.2, -0.15) is 5.10 Å². The molecule has 0 aromatic carbocycles. The van der Waals surface area contributed by atoms with E-state index in [2.05, 4.69) is 25.7 Å². The Morgan fingerprint density at radius 3 is 2.95 bits per heavy atom. The molecule has 2 heterocycles. The number of carbonyl (C=O) groups excluding carboxylic acids is 1. The van der Waals surface area contributed by atoms with Crippen LogP contribution in [0.4, 0.5) is 5.69 Å². The van der Waals surface area contributed by atoms with E-state index in [0.29, 0.717) is 19.6 Å². The number of pyridine rings is 1. The van der Waals surface area contributed by atoms with E-state index in [4.69, 9.17) is 0 Å². The van der Waals surface area contributed by atoms with Crippen LogP contribution in [0.25, 0.3) is 0 Å². The maximum atomic E-state index is 11.9. The molecule has 0 saturated carbocycles. The van der Waals surface area contributed by atoms with E-state index in [9.17, 15) is 4.79 Å². The molecule has 1 atom stereocenters. The summed E-state index contributed by atoms with van der Waals surface area (Å²) < 4.78 is 1.66. The van der Waals surface area contributed by atoms with Crippen LogP contribution in [0, 0.1) is 12.8 Å². The average Bonchev–Trinajstić information content (AvgIpc) is 2.98. The van der Waals surface area contributed by atoms with E-state index in [1.165, 1.54) is 6.33 Å². The van der Waals surface area contributed by atoms with Crippen LogP contribution in [0.15, 0.2) is 31.1 Å². The highest BCUT2D eigenvalue weighted by Crippen LogP contribution is 2.10. The van der Waals surface area contributed by atoms with Gasteiger partial charge in [-0.3, -0.25) is 14.5 Å². The molecule has 0 aliphatic heterocycles. The zero-order chi connectivity index (χ0) is 15.1. The van der Waals surface area contributed by atoms with Crippen LogP contribution in [0.1, 0.15) is 12.5 Å². The zero-order valence-corrected chi connectivity index (χ0v) is 12.3. The summed E-state index contributed by atoms with van der Waals surface area (Å²) in [7, 11) is 0. The van der Waals surface area contributed by atoms with Gasteiger partial charge >= 0.3 is 0 Å². The van der Waals surface area contributed by atoms with Crippen molar-refractivity contribution in [2.24, 2.45) is 5.92 Å². The van der Waals surface area contributed by atoms with Crippen molar-refractivity contribution in [2.75, 3.05) is 18.4 Å². The number of nitrogens with zero attached hydrogens (tertiary/aromatic N) is 4. The van der Waals surface area contributed by atoms with E-state index >= 15 is 0 Å². The van der Waals surface area contributed by atoms with Crippen molar-refractivity contribution in [1.82, 2.24) is 25.1 Å². The normalized spacial score (nSPS) is 11.9. The fourth-order valence-corrected chi connectivity index (χ4v) is 1.92. The summed E-state index contributed by atoms with van der Waals surface area (Å²) in [5.41, 5.74) is 2.12. The first kappa shape index (κ1) is 15.0. The van der Waals surface area contributed by atoms with Gasteiger partial charge in [0.2, 0.25) is 5.91 Å². The topological polar surface area (TPSA) is 84.7 Å². The Balaban J connectivity index is 1.68. The van der Waals surface area contributed by atoms with Gasteiger partial charge in [0.1, 0.15) is 12.7 Å². The minimum absolute atomic E-state index is 0.0127. The fourth-order valence-electron chi connectivity index (χ4n) is 1.92. The molecule has 2 rings (SSSR count). The van der Waals surface area contributed by atoms with E-state index in [-0.39, 0.29) is 11.8 Å². The van der Waals surface area contributed by atoms with Gasteiger partial charge in [-0.05, 0) is 18.6 Å². The number of carbonyl (C=O) groups is 1. The van der Waals surface area contributed by atoms with Crippen LogP contribution in [-0.4, -0.2) is 38.7 Å². The molecular formula is C14H20N6O. The largest absolute Gasteiger partial charge is 0.383 e. The Morgan fingerprint density at radius 1 is 1.38 bits per heavy atom. The van der Waals surface area contributed by atoms with Gasteiger partial charge in [-0.15, -0.1) is 0 Å². The summed E-state index contributed by atoms with van der Waals surface area (Å²) >= 11 is 0. The van der Waals surface area contributed by atoms with Crippen LogP contribution in [-0.2, 0) is 11.3 Å². The Bertz CT molecular complexity index is 569. The number of rotatable bonds is 7. The first-order valence-corrected chi connectivity index (χ1v) is 6.91. The van der Waals surface area contributed by atoms with Crippen molar-refractivity contribution in [3.8, 4) is 0 Å². The molecule has 2 aromatic heterocycles. The third-order valence-corrected chi connectivity index (χ3v) is 3.14. The summed E-state index contributed by atoms with van der Waals surface area (Å²) in [6, 6.07) is 1.92. The first-order chi connectivity index (χ1) is 10.2. The fraction of sp³-hybridized carbons (Fsp3) is 0.429. The van der Waals surface area contributed by atoms with Gasteiger partial charge in [-0.1, -0.05) is 6.92 Å². The molecule has 0 spiro atoms. The number of amides is 1. The van der Waals surface area contributed by atoms with E-state index in [1.807, 2.05) is 19.9 Å². The molecular weight excluding hydrogens is 268 g/mol. The van der Waals surface area contributed by atoms with Crippen LogP contribution < -0.4 is 10.6 Å². The molecule has 0 radical (unpaired) electrons. The van der Waals surface area contributed by atoms with Crippen molar-refractivity contribution in [2.45, 2.75) is 20.4 Å². The second-order valence-electron chi connectivity index (χ2n) is 4.93. The van der Waals surface area contributed by atoms with Crippen LogP contribution >= 0.6 is 0 Å². The van der Waals surface area contributed by atoms with Crippen molar-refractivity contribution < 1.29 is 4.79 Å². The summed E-state index contributed by atoms with van der Waals surface area (Å²) in [5.74, 6) is -0.131. The SMILES string of the molecule is Cc1cnccc1NCCNC(=O)C(C)Cn1cncn1. The van der Waals surface area contributed by atoms with Gasteiger partial charge < -0.3 is 10.6 Å². The third kappa shape index (κ3) is 4.55. The zero-order valence-electron chi connectivity index (χ0n) is 12.3. The molecule has 0 fully saturated rings. The number of hydrogen-bond acceptors (Lipinski definition) is 5. The quantitative estimate of drug-likeness (QED) is 0.738. The standard InChI is InChI=1S/C14H20N6O/c1-11-7-15-4-3-13(11)17-5-6-18-14(21)12(2)8-20-10-16-9-19-20/h3-4,7,9-10,12H,5-6,8H2,1-2H3,(H,15,17)(H,18,21). The lowest BCUT2D eigenvalue weighted by Crippen LogP contribution is -2.34. The van der Waals surface area contributed by atoms with Crippen molar-refractivity contribution in [3.63, 3.8) is 0 Å². The average molecular weight is 288 g/mol. The highest BCUT2D eigenvalue weighted by molar-refractivity contribution is 5.78. The number of hydrogen-bond donors (Lipinski definition) is 2. The van der Waals surface area contributed by atoms with Crippen molar-refractivity contribution in [3.05, 3.63) is 36.7 Å². The number of aromatic nitrogens is 4. The minimum atomic E-state index is -0.144. The van der Waals surface area contributed by atoms with Gasteiger partial charge in [-0.25, -0.2) is 4.98 Å². The monoisotopic (exact) mass is 288 g/mol. The molecule has 112 valence electrons. The number of aryl methyl sites for hydroxylation is 1. The molecule has 0 saturated heterocycles. The molecule has 1 amide bonds. The van der Waals surface area contributed by atoms with Crippen LogP contribution in [0.3, 0.4) is 0 Å². The first-order valence-electron chi connectivity index (χ1n) is 6.91. The summed E-state index contributed by atoms with van der Waals surface area (Å²) in [6.45, 7) is 5.64. The van der Waals surface area contributed by atoms with E-state index < -0.39 is 0 Å². The minimum Gasteiger partial charge on any atom is -0.383 e. The van der Waals surface area contributed by atoms with Gasteiger partial charge in [0.05, 0.1) is 12.5 Å². The Morgan fingerprint density at radius 2 is 2.24 bits per heavy atom. The Labute approximate surface area is 123 Å². The maximum Gasteiger partial charge on any atom is 0.224 e. The van der Waals surface area contributed by atoms with E-state index in [1.54, 1.807) is 23.4 Å². The highest BCUT2D eigenvalue weighted by Gasteiger charge is 2.13. The molecule has 7 nitrogen and oxygen atoms in total. The number of nitrogens with one attached hydrogen (secondary N) is 2. The van der Waals surface area contributed by atoms with Gasteiger partial charge in [0.15, 0.2) is 0 Å². The van der Waals surface area contributed by atoms with Crippen molar-refractivity contribution >= 4 is 11.6 Å².